The van der Waals surface area contributed by atoms with Crippen molar-refractivity contribution in [2.75, 3.05) is 21.3 Å². The lowest BCUT2D eigenvalue weighted by Gasteiger charge is -2.17. The van der Waals surface area contributed by atoms with Crippen LogP contribution in [0.15, 0.2) is 113 Å². The predicted octanol–water partition coefficient (Wildman–Crippen LogP) is 7.44. The summed E-state index contributed by atoms with van der Waals surface area (Å²) < 4.78 is 27.6. The number of carbonyl (C=O) groups is 4. The quantitative estimate of drug-likeness (QED) is 0.0951. The van der Waals surface area contributed by atoms with Crippen LogP contribution in [-0.4, -0.2) is 32.0 Å². The van der Waals surface area contributed by atoms with Gasteiger partial charge in [0.15, 0.2) is 5.69 Å². The van der Waals surface area contributed by atoms with Gasteiger partial charge in [-0.05, 0) is 102 Å². The van der Waals surface area contributed by atoms with Gasteiger partial charge in [-0.25, -0.2) is 23.1 Å². The molecular formula is C44H21ClN8O6S. The molecule has 2 aliphatic heterocycles. The van der Waals surface area contributed by atoms with Gasteiger partial charge in [0, 0.05) is 22.5 Å². The highest BCUT2D eigenvalue weighted by Crippen LogP contribution is 2.41. The van der Waals surface area contributed by atoms with Crippen molar-refractivity contribution >= 4 is 73.5 Å². The summed E-state index contributed by atoms with van der Waals surface area (Å²) in [4.78, 5) is 59.0. The number of hydrogen-bond acceptors (Lipinski definition) is 11. The normalized spacial score (nSPS) is 13.0. The van der Waals surface area contributed by atoms with Crippen molar-refractivity contribution in [2.45, 2.75) is 9.79 Å². The summed E-state index contributed by atoms with van der Waals surface area (Å²) in [6.45, 7) is 7.58. The monoisotopic (exact) mass is 824 g/mol. The number of imide groups is 2. The Labute approximate surface area is 345 Å². The molecule has 0 saturated carbocycles. The van der Waals surface area contributed by atoms with Crippen molar-refractivity contribution in [1.29, 1.82) is 15.8 Å². The largest absolute Gasteiger partial charge is 0.400 e. The molecule has 6 aromatic carbocycles. The molecule has 60 heavy (non-hydrogen) atoms. The number of amides is 4. The van der Waals surface area contributed by atoms with Crippen LogP contribution in [-0.2, 0) is 9.84 Å². The standard InChI is InChI=1S/C44H21ClN8O6S/c1-51-37-17-28(50)14-26(21-48)40(37)23-3-10-33-35(16-23)44(57)53(42(33)55)38-11-8-31(18-36(38)45)60(58,59)30-6-4-29(5-7-30)52-41(54)32-9-2-22(15-34(32)43(52)56)39-24(19-46)12-27(49)13-25(39)20-47/h2-18H,49-50H2. The zero-order valence-electron chi connectivity index (χ0n) is 30.4. The van der Waals surface area contributed by atoms with Crippen LogP contribution in [0.1, 0.15) is 58.1 Å². The van der Waals surface area contributed by atoms with Crippen LogP contribution < -0.4 is 21.3 Å². The first-order valence-corrected chi connectivity index (χ1v) is 19.2. The number of sulfone groups is 1. The SMILES string of the molecule is [C-]#[N+]c1cc(N)cc(C#N)c1-c1ccc2c(c1)C(=O)N(c1ccc(S(=O)(=O)c3ccc(N4C(=O)c5ccc(-c6c(C#N)cc(N)cc6C#N)cc5C4=O)cc3)cc1Cl)C2=O. The molecule has 2 heterocycles. The van der Waals surface area contributed by atoms with Gasteiger partial charge in [0.2, 0.25) is 9.84 Å². The molecular weight excluding hydrogens is 804 g/mol. The number of hydrogen-bond donors (Lipinski definition) is 2. The zero-order valence-corrected chi connectivity index (χ0v) is 32.0. The molecule has 286 valence electrons. The number of halogens is 1. The van der Waals surface area contributed by atoms with Gasteiger partial charge < -0.3 is 11.5 Å². The van der Waals surface area contributed by atoms with Crippen LogP contribution in [0.2, 0.25) is 5.02 Å². The Kier molecular flexibility index (Phi) is 9.00. The van der Waals surface area contributed by atoms with Crippen LogP contribution in [0.4, 0.5) is 28.4 Å². The fourth-order valence-corrected chi connectivity index (χ4v) is 8.89. The Bertz CT molecular complexity index is 3230. The van der Waals surface area contributed by atoms with Crippen LogP contribution in [0, 0.1) is 40.6 Å². The van der Waals surface area contributed by atoms with E-state index in [-0.39, 0.29) is 93.3 Å². The van der Waals surface area contributed by atoms with Crippen molar-refractivity contribution in [3.8, 4) is 40.5 Å². The summed E-state index contributed by atoms with van der Waals surface area (Å²) in [5, 5.41) is 28.9. The van der Waals surface area contributed by atoms with Crippen molar-refractivity contribution in [3.63, 3.8) is 0 Å². The smallest absolute Gasteiger partial charge is 0.266 e. The molecule has 4 N–H and O–H groups in total. The average Bonchev–Trinajstić information content (AvgIpc) is 3.65. The maximum absolute atomic E-state index is 13.8. The molecule has 0 spiro atoms. The van der Waals surface area contributed by atoms with E-state index < -0.39 is 33.5 Å². The third kappa shape index (κ3) is 5.87. The average molecular weight is 825 g/mol. The van der Waals surface area contributed by atoms with E-state index in [9.17, 15) is 43.4 Å². The fourth-order valence-electron chi connectivity index (χ4n) is 7.27. The minimum atomic E-state index is -4.29. The van der Waals surface area contributed by atoms with Gasteiger partial charge in [-0.15, -0.1) is 0 Å². The number of nitrogens with zero attached hydrogens (tertiary/aromatic N) is 6. The summed E-state index contributed by atoms with van der Waals surface area (Å²) >= 11 is 6.57. The van der Waals surface area contributed by atoms with Crippen LogP contribution in [0.5, 0.6) is 0 Å². The highest BCUT2D eigenvalue weighted by molar-refractivity contribution is 7.91. The third-order valence-electron chi connectivity index (χ3n) is 10.0. The van der Waals surface area contributed by atoms with E-state index in [1.54, 1.807) is 0 Å². The summed E-state index contributed by atoms with van der Waals surface area (Å²) in [5.41, 5.74) is 13.7. The molecule has 8 rings (SSSR count). The lowest BCUT2D eigenvalue weighted by Crippen LogP contribution is -2.29. The van der Waals surface area contributed by atoms with Gasteiger partial charge in [-0.3, -0.25) is 19.2 Å². The number of benzene rings is 6. The number of anilines is 4. The maximum atomic E-state index is 13.8. The topological polar surface area (TPSA) is 237 Å². The first-order valence-electron chi connectivity index (χ1n) is 17.4. The van der Waals surface area contributed by atoms with Crippen molar-refractivity contribution in [1.82, 2.24) is 0 Å². The molecule has 2 aliphatic rings. The molecule has 0 radical (unpaired) electrons. The van der Waals surface area contributed by atoms with Gasteiger partial charge in [-0.1, -0.05) is 23.7 Å². The van der Waals surface area contributed by atoms with Crippen LogP contribution in [0.3, 0.4) is 0 Å². The molecule has 16 heteroatoms. The molecule has 0 aliphatic carbocycles. The van der Waals surface area contributed by atoms with Crippen LogP contribution in [0.25, 0.3) is 27.1 Å². The lowest BCUT2D eigenvalue weighted by molar-refractivity contribution is 0.0910. The van der Waals surface area contributed by atoms with E-state index >= 15 is 0 Å². The number of rotatable bonds is 6. The van der Waals surface area contributed by atoms with Crippen LogP contribution >= 0.6 is 11.6 Å². The first kappa shape index (κ1) is 38.3. The van der Waals surface area contributed by atoms with Crippen molar-refractivity contribution < 1.29 is 27.6 Å². The summed E-state index contributed by atoms with van der Waals surface area (Å²) in [7, 11) is -4.29. The molecule has 0 atom stereocenters. The minimum absolute atomic E-state index is 0.0104. The number of nitrogens with two attached hydrogens (primary N) is 2. The van der Waals surface area contributed by atoms with Gasteiger partial charge in [-0.2, -0.15) is 15.8 Å². The van der Waals surface area contributed by atoms with E-state index in [4.69, 9.17) is 29.6 Å². The molecule has 0 fully saturated rings. The van der Waals surface area contributed by atoms with E-state index in [0.29, 0.717) is 11.1 Å². The molecule has 4 amide bonds. The van der Waals surface area contributed by atoms with E-state index in [2.05, 4.69) is 4.85 Å². The minimum Gasteiger partial charge on any atom is -0.400 e. The van der Waals surface area contributed by atoms with E-state index in [0.717, 1.165) is 15.9 Å². The number of fused-ring (bicyclic) bond motifs is 2. The van der Waals surface area contributed by atoms with E-state index in [1.807, 2.05) is 18.2 Å². The van der Waals surface area contributed by atoms with Gasteiger partial charge in [0.05, 0.1) is 89.9 Å². The second-order valence-electron chi connectivity index (χ2n) is 13.4. The Morgan fingerprint density at radius 3 is 1.57 bits per heavy atom. The third-order valence-corrected chi connectivity index (χ3v) is 12.1. The van der Waals surface area contributed by atoms with Crippen molar-refractivity contribution in [2.24, 2.45) is 0 Å². The molecule has 14 nitrogen and oxygen atoms in total. The van der Waals surface area contributed by atoms with Gasteiger partial charge in [0.1, 0.15) is 0 Å². The molecule has 0 unspecified atom stereocenters. The highest BCUT2D eigenvalue weighted by Gasteiger charge is 2.39. The second kappa shape index (κ2) is 14.1. The summed E-state index contributed by atoms with van der Waals surface area (Å²) in [5.74, 6) is -2.88. The summed E-state index contributed by atoms with van der Waals surface area (Å²) in [6.07, 6.45) is 0. The van der Waals surface area contributed by atoms with Crippen molar-refractivity contribution in [3.05, 3.63) is 159 Å². The second-order valence-corrected chi connectivity index (χ2v) is 15.8. The Balaban J connectivity index is 1.05. The van der Waals surface area contributed by atoms with Gasteiger partial charge in [0.25, 0.3) is 23.6 Å². The Morgan fingerprint density at radius 1 is 0.567 bits per heavy atom. The molecule has 0 saturated heterocycles. The lowest BCUT2D eigenvalue weighted by atomic mass is 9.92. The fraction of sp³-hybridized carbons (Fsp3) is 0. The van der Waals surface area contributed by atoms with E-state index in [1.165, 1.54) is 97.1 Å². The zero-order chi connectivity index (χ0) is 42.8. The Morgan fingerprint density at radius 2 is 1.03 bits per heavy atom. The first-order chi connectivity index (χ1) is 28.7. The number of carbonyl (C=O) groups excluding carboxylic acids is 4. The Hall–Kier alpha value is -8.60. The number of nitriles is 3. The summed E-state index contributed by atoms with van der Waals surface area (Å²) in [6, 6.07) is 28.7. The molecule has 0 bridgehead atoms. The molecule has 0 aromatic heterocycles. The highest BCUT2D eigenvalue weighted by atomic mass is 35.5. The predicted molar refractivity (Wildman–Crippen MR) is 219 cm³/mol. The molecule has 6 aromatic rings. The number of nitrogen functional groups attached to an aromatic ring is 2. The maximum Gasteiger partial charge on any atom is 0.266 e. The van der Waals surface area contributed by atoms with Gasteiger partial charge >= 0.3 is 0 Å².